The number of nitrogens with two attached hydrogens (primary N) is 1. The molecule has 2 aromatic heterocycles. The van der Waals surface area contributed by atoms with E-state index in [1.54, 1.807) is 24.7 Å². The first-order chi connectivity index (χ1) is 10.4. The van der Waals surface area contributed by atoms with Crippen LogP contribution in [0.5, 0.6) is 0 Å². The average Bonchev–Trinajstić information content (AvgIpc) is 3.01. The molecule has 9 nitrogen and oxygen atoms in total. The maximum absolute atomic E-state index is 9.92. The van der Waals surface area contributed by atoms with Crippen molar-refractivity contribution in [3.63, 3.8) is 0 Å². The third-order valence-electron chi connectivity index (χ3n) is 3.59. The van der Waals surface area contributed by atoms with Crippen molar-refractivity contribution in [2.24, 2.45) is 0 Å². The van der Waals surface area contributed by atoms with E-state index in [4.69, 9.17) is 15.2 Å². The summed E-state index contributed by atoms with van der Waals surface area (Å²) in [6.07, 6.45) is 0.835. The van der Waals surface area contributed by atoms with Crippen LogP contribution in [0.3, 0.4) is 0 Å². The van der Waals surface area contributed by atoms with Crippen LogP contribution in [0.25, 0.3) is 11.2 Å². The van der Waals surface area contributed by atoms with Crippen molar-refractivity contribution < 1.29 is 19.7 Å². The van der Waals surface area contributed by atoms with Crippen molar-refractivity contribution in [3.8, 4) is 0 Å². The van der Waals surface area contributed by atoms with E-state index < -0.39 is 30.7 Å². The Balaban J connectivity index is 1.88. The minimum Gasteiger partial charge on any atom is -0.394 e. The summed E-state index contributed by atoms with van der Waals surface area (Å²) < 4.78 is 13.3. The van der Waals surface area contributed by atoms with Gasteiger partial charge in [-0.15, -0.1) is 0 Å². The van der Waals surface area contributed by atoms with E-state index >= 15 is 0 Å². The van der Waals surface area contributed by atoms with Crippen LogP contribution in [0.4, 0.5) is 5.82 Å². The van der Waals surface area contributed by atoms with Crippen LogP contribution >= 0.6 is 0 Å². The lowest BCUT2D eigenvalue weighted by molar-refractivity contribution is -0.157. The van der Waals surface area contributed by atoms with Gasteiger partial charge in [-0.05, 0) is 13.8 Å². The molecule has 22 heavy (non-hydrogen) atoms. The zero-order valence-corrected chi connectivity index (χ0v) is 12.4. The Kier molecular flexibility index (Phi) is 3.73. The Morgan fingerprint density at radius 2 is 2.14 bits per heavy atom. The molecule has 9 heteroatoms. The molecule has 4 N–H and O–H groups in total. The Labute approximate surface area is 126 Å². The maximum atomic E-state index is 9.92. The number of fused-ring (bicyclic) bond motifs is 1. The largest absolute Gasteiger partial charge is 0.394 e. The maximum Gasteiger partial charge on any atom is 0.165 e. The smallest absolute Gasteiger partial charge is 0.165 e. The van der Waals surface area contributed by atoms with Crippen LogP contribution in [0.1, 0.15) is 13.8 Å². The summed E-state index contributed by atoms with van der Waals surface area (Å²) in [6, 6.07) is 0. The van der Waals surface area contributed by atoms with Crippen molar-refractivity contribution in [2.75, 3.05) is 12.3 Å². The molecule has 0 bridgehead atoms. The number of hydrogen-bond acceptors (Lipinski definition) is 8. The molecule has 0 aliphatic carbocycles. The molecule has 0 radical (unpaired) electrons. The first-order valence-corrected chi connectivity index (χ1v) is 6.97. The van der Waals surface area contributed by atoms with Gasteiger partial charge in [-0.25, -0.2) is 15.0 Å². The number of aromatic nitrogens is 4. The van der Waals surface area contributed by atoms with Crippen molar-refractivity contribution in [3.05, 3.63) is 12.7 Å². The van der Waals surface area contributed by atoms with E-state index in [9.17, 15) is 10.2 Å². The highest BCUT2D eigenvalue weighted by atomic mass is 16.8. The minimum absolute atomic E-state index is 0.305. The number of anilines is 1. The van der Waals surface area contributed by atoms with E-state index in [0.717, 1.165) is 0 Å². The van der Waals surface area contributed by atoms with Gasteiger partial charge in [0.2, 0.25) is 0 Å². The van der Waals surface area contributed by atoms with E-state index in [1.807, 2.05) is 0 Å². The summed E-state index contributed by atoms with van der Waals surface area (Å²) in [4.78, 5) is 12.3. The summed E-state index contributed by atoms with van der Waals surface area (Å²) in [7, 11) is 0. The van der Waals surface area contributed by atoms with Gasteiger partial charge in [-0.1, -0.05) is 0 Å². The van der Waals surface area contributed by atoms with Gasteiger partial charge in [0.1, 0.15) is 30.2 Å². The van der Waals surface area contributed by atoms with Gasteiger partial charge in [0.25, 0.3) is 0 Å². The van der Waals surface area contributed by atoms with Crippen LogP contribution in [0.15, 0.2) is 12.7 Å². The monoisotopic (exact) mass is 309 g/mol. The minimum atomic E-state index is -1.03. The first-order valence-electron chi connectivity index (χ1n) is 6.97. The Hall–Kier alpha value is -1.81. The van der Waals surface area contributed by atoms with Gasteiger partial charge in [0, 0.05) is 0 Å². The second kappa shape index (κ2) is 5.43. The molecule has 3 rings (SSSR count). The number of imidazole rings is 1. The van der Waals surface area contributed by atoms with Crippen molar-refractivity contribution in [2.45, 2.75) is 44.5 Å². The lowest BCUT2D eigenvalue weighted by Crippen LogP contribution is -2.39. The number of nitrogens with zero attached hydrogens (tertiary/aromatic N) is 4. The van der Waals surface area contributed by atoms with Crippen molar-refractivity contribution in [1.29, 1.82) is 0 Å². The summed E-state index contributed by atoms with van der Waals surface area (Å²) in [5.74, 6) is -0.532. The van der Waals surface area contributed by atoms with E-state index in [2.05, 4.69) is 15.0 Å². The standard InChI is InChI=1S/C13H19N5O4/c1-13(2)21-8(10(22-13)7(20)4-19)3-18-6-17-9-11(14)15-5-16-12(9)18/h5-8,10,19-20H,3-4H2,1-2H3,(H2,14,15,16)/t7-,8+,10-/m1/s1. The van der Waals surface area contributed by atoms with E-state index in [-0.39, 0.29) is 0 Å². The molecule has 1 aliphatic rings. The van der Waals surface area contributed by atoms with Gasteiger partial charge < -0.3 is 30.0 Å². The predicted molar refractivity (Wildman–Crippen MR) is 76.7 cm³/mol. The van der Waals surface area contributed by atoms with Crippen molar-refractivity contribution >= 4 is 17.0 Å². The summed E-state index contributed by atoms with van der Waals surface area (Å²) in [6.45, 7) is 3.48. The number of aliphatic hydroxyl groups excluding tert-OH is 2. The number of ether oxygens (including phenoxy) is 2. The molecule has 0 aromatic carbocycles. The zero-order valence-electron chi connectivity index (χ0n) is 12.4. The first kappa shape index (κ1) is 15.1. The van der Waals surface area contributed by atoms with Crippen LogP contribution in [0, 0.1) is 0 Å². The van der Waals surface area contributed by atoms with Crippen molar-refractivity contribution in [1.82, 2.24) is 19.5 Å². The Morgan fingerprint density at radius 1 is 1.36 bits per heavy atom. The molecular formula is C13H19N5O4. The average molecular weight is 309 g/mol. The predicted octanol–water partition coefficient (Wildman–Crippen LogP) is -0.718. The lowest BCUT2D eigenvalue weighted by atomic mass is 10.1. The summed E-state index contributed by atoms with van der Waals surface area (Å²) in [5.41, 5.74) is 6.86. The van der Waals surface area contributed by atoms with E-state index in [0.29, 0.717) is 23.5 Å². The third-order valence-corrected chi connectivity index (χ3v) is 3.59. The molecule has 0 saturated carbocycles. The van der Waals surface area contributed by atoms with Gasteiger partial charge >= 0.3 is 0 Å². The molecule has 1 saturated heterocycles. The molecule has 0 amide bonds. The fourth-order valence-electron chi connectivity index (χ4n) is 2.66. The quantitative estimate of drug-likeness (QED) is 0.675. The number of nitrogen functional groups attached to an aromatic ring is 1. The zero-order chi connectivity index (χ0) is 15.9. The molecule has 0 unspecified atom stereocenters. The molecule has 0 spiro atoms. The summed E-state index contributed by atoms with van der Waals surface area (Å²) >= 11 is 0. The Morgan fingerprint density at radius 3 is 2.86 bits per heavy atom. The second-order valence-corrected chi connectivity index (χ2v) is 5.72. The van der Waals surface area contributed by atoms with Crippen LogP contribution < -0.4 is 5.73 Å². The number of hydrogen-bond donors (Lipinski definition) is 3. The van der Waals surface area contributed by atoms with Gasteiger partial charge in [-0.3, -0.25) is 0 Å². The Bertz CT molecular complexity index is 673. The normalized spacial score (nSPS) is 25.6. The highest BCUT2D eigenvalue weighted by molar-refractivity contribution is 5.81. The molecule has 2 aromatic rings. The second-order valence-electron chi connectivity index (χ2n) is 5.72. The van der Waals surface area contributed by atoms with Crippen LogP contribution in [-0.2, 0) is 16.0 Å². The van der Waals surface area contributed by atoms with Crippen LogP contribution in [-0.4, -0.2) is 60.4 Å². The van der Waals surface area contributed by atoms with Crippen LogP contribution in [0.2, 0.25) is 0 Å². The lowest BCUT2D eigenvalue weighted by Gasteiger charge is -2.21. The topological polar surface area (TPSA) is 129 Å². The van der Waals surface area contributed by atoms with Gasteiger partial charge in [-0.2, -0.15) is 0 Å². The number of aliphatic hydroxyl groups is 2. The molecule has 120 valence electrons. The fraction of sp³-hybridized carbons (Fsp3) is 0.615. The number of rotatable bonds is 4. The van der Waals surface area contributed by atoms with Gasteiger partial charge in [0.05, 0.1) is 19.5 Å². The highest BCUT2D eigenvalue weighted by Gasteiger charge is 2.44. The molecule has 1 fully saturated rings. The molecular weight excluding hydrogens is 290 g/mol. The molecule has 3 heterocycles. The third kappa shape index (κ3) is 2.63. The fourth-order valence-corrected chi connectivity index (χ4v) is 2.66. The molecule has 3 atom stereocenters. The van der Waals surface area contributed by atoms with E-state index in [1.165, 1.54) is 6.33 Å². The summed E-state index contributed by atoms with van der Waals surface area (Å²) in [5, 5.41) is 19.1. The molecule has 1 aliphatic heterocycles. The SMILES string of the molecule is CC1(C)O[C@H]([C@H](O)CO)[C@H](Cn2cnc3c(N)ncnc32)O1. The highest BCUT2D eigenvalue weighted by Crippen LogP contribution is 2.31. The van der Waals surface area contributed by atoms with Gasteiger partial charge in [0.15, 0.2) is 17.3 Å².